The first-order valence-electron chi connectivity index (χ1n) is 6.64. The molecule has 110 valence electrons. The Morgan fingerprint density at radius 1 is 1.24 bits per heavy atom. The van der Waals surface area contributed by atoms with Crippen LogP contribution in [0.15, 0.2) is 47.4 Å². The standard InChI is InChI=1S/C16H18N2O3/c1-18-11-12(7-8-16(18)20)10-17-15(19)9-13-5-3-4-6-14(13)21-2/h3-8,11H,9-10H2,1-2H3,(H,17,19). The number of amides is 1. The van der Waals surface area contributed by atoms with Crippen LogP contribution in [-0.4, -0.2) is 17.6 Å². The Balaban J connectivity index is 1.95. The van der Waals surface area contributed by atoms with Crippen LogP contribution in [0.25, 0.3) is 0 Å². The molecule has 1 amide bonds. The summed E-state index contributed by atoms with van der Waals surface area (Å²) in [5, 5.41) is 2.84. The molecule has 0 bridgehead atoms. The number of para-hydroxylation sites is 1. The van der Waals surface area contributed by atoms with Crippen molar-refractivity contribution in [1.29, 1.82) is 0 Å². The summed E-state index contributed by atoms with van der Waals surface area (Å²) in [5.41, 5.74) is 1.66. The zero-order valence-corrected chi connectivity index (χ0v) is 12.1. The summed E-state index contributed by atoms with van der Waals surface area (Å²) in [6, 6.07) is 10.6. The van der Waals surface area contributed by atoms with E-state index < -0.39 is 0 Å². The maximum Gasteiger partial charge on any atom is 0.250 e. The first-order chi connectivity index (χ1) is 10.1. The Hall–Kier alpha value is -2.56. The van der Waals surface area contributed by atoms with Gasteiger partial charge in [0.25, 0.3) is 0 Å². The van der Waals surface area contributed by atoms with Crippen LogP contribution in [0.5, 0.6) is 5.75 Å². The van der Waals surface area contributed by atoms with Crippen LogP contribution in [0, 0.1) is 0 Å². The number of rotatable bonds is 5. The monoisotopic (exact) mass is 286 g/mol. The fourth-order valence-electron chi connectivity index (χ4n) is 2.04. The van der Waals surface area contributed by atoms with Crippen LogP contribution in [0.3, 0.4) is 0 Å². The summed E-state index contributed by atoms with van der Waals surface area (Å²) in [6.45, 7) is 0.391. The summed E-state index contributed by atoms with van der Waals surface area (Å²) < 4.78 is 6.71. The minimum absolute atomic E-state index is 0.0703. The third-order valence-electron chi connectivity index (χ3n) is 3.18. The Bertz CT molecular complexity index is 692. The van der Waals surface area contributed by atoms with Crippen molar-refractivity contribution in [3.8, 4) is 5.75 Å². The minimum atomic E-state index is -0.0895. The molecule has 1 heterocycles. The highest BCUT2D eigenvalue weighted by Gasteiger charge is 2.08. The molecule has 1 N–H and O–H groups in total. The molecule has 0 aliphatic heterocycles. The summed E-state index contributed by atoms with van der Waals surface area (Å²) in [6.07, 6.45) is 1.97. The summed E-state index contributed by atoms with van der Waals surface area (Å²) in [4.78, 5) is 23.3. The highest BCUT2D eigenvalue weighted by atomic mass is 16.5. The number of carbonyl (C=O) groups is 1. The van der Waals surface area contributed by atoms with Crippen LogP contribution in [-0.2, 0) is 24.8 Å². The molecule has 2 rings (SSSR count). The van der Waals surface area contributed by atoms with Gasteiger partial charge < -0.3 is 14.6 Å². The van der Waals surface area contributed by atoms with Crippen molar-refractivity contribution in [1.82, 2.24) is 9.88 Å². The predicted molar refractivity (Wildman–Crippen MR) is 80.2 cm³/mol. The molecule has 0 saturated carbocycles. The van der Waals surface area contributed by atoms with Gasteiger partial charge in [0.1, 0.15) is 5.75 Å². The van der Waals surface area contributed by atoms with Crippen LogP contribution in [0.2, 0.25) is 0 Å². The first-order valence-corrected chi connectivity index (χ1v) is 6.64. The Labute approximate surface area is 123 Å². The van der Waals surface area contributed by atoms with Crippen LogP contribution in [0.1, 0.15) is 11.1 Å². The van der Waals surface area contributed by atoms with Gasteiger partial charge in [-0.2, -0.15) is 0 Å². The van der Waals surface area contributed by atoms with Crippen molar-refractivity contribution < 1.29 is 9.53 Å². The van der Waals surface area contributed by atoms with Crippen LogP contribution < -0.4 is 15.6 Å². The number of aromatic nitrogens is 1. The van der Waals surface area contributed by atoms with Gasteiger partial charge in [-0.05, 0) is 11.6 Å². The van der Waals surface area contributed by atoms with Gasteiger partial charge in [-0.3, -0.25) is 9.59 Å². The van der Waals surface area contributed by atoms with Crippen molar-refractivity contribution in [3.05, 3.63) is 64.1 Å². The van der Waals surface area contributed by atoms with Crippen molar-refractivity contribution in [2.75, 3.05) is 7.11 Å². The largest absolute Gasteiger partial charge is 0.496 e. The first kappa shape index (κ1) is 14.8. The maximum atomic E-state index is 12.0. The normalized spacial score (nSPS) is 10.2. The van der Waals surface area contributed by atoms with Gasteiger partial charge in [0.2, 0.25) is 11.5 Å². The molecule has 1 aromatic heterocycles. The van der Waals surface area contributed by atoms with E-state index >= 15 is 0 Å². The molecule has 0 atom stereocenters. The Morgan fingerprint density at radius 2 is 2.00 bits per heavy atom. The number of methoxy groups -OCH3 is 1. The zero-order chi connectivity index (χ0) is 15.2. The molecule has 0 aliphatic rings. The van der Waals surface area contributed by atoms with E-state index in [0.29, 0.717) is 12.3 Å². The Kier molecular flexibility index (Phi) is 4.77. The number of nitrogens with zero attached hydrogens (tertiary/aromatic N) is 1. The van der Waals surface area contributed by atoms with E-state index in [1.54, 1.807) is 26.4 Å². The zero-order valence-electron chi connectivity index (χ0n) is 12.1. The number of hydrogen-bond donors (Lipinski definition) is 1. The second-order valence-electron chi connectivity index (χ2n) is 4.75. The van der Waals surface area contributed by atoms with E-state index in [1.807, 2.05) is 24.3 Å². The van der Waals surface area contributed by atoms with E-state index in [4.69, 9.17) is 4.74 Å². The van der Waals surface area contributed by atoms with Gasteiger partial charge in [0.05, 0.1) is 13.5 Å². The topological polar surface area (TPSA) is 60.3 Å². The number of hydrogen-bond acceptors (Lipinski definition) is 3. The average Bonchev–Trinajstić information content (AvgIpc) is 2.49. The lowest BCUT2D eigenvalue weighted by atomic mass is 10.1. The molecule has 0 spiro atoms. The van der Waals surface area contributed by atoms with Gasteiger partial charge in [-0.25, -0.2) is 0 Å². The van der Waals surface area contributed by atoms with E-state index in [0.717, 1.165) is 11.1 Å². The number of benzene rings is 1. The van der Waals surface area contributed by atoms with Crippen molar-refractivity contribution in [3.63, 3.8) is 0 Å². The quantitative estimate of drug-likeness (QED) is 0.900. The lowest BCUT2D eigenvalue weighted by molar-refractivity contribution is -0.120. The molecule has 21 heavy (non-hydrogen) atoms. The second-order valence-corrected chi connectivity index (χ2v) is 4.75. The highest BCUT2D eigenvalue weighted by Crippen LogP contribution is 2.17. The van der Waals surface area contributed by atoms with Crippen molar-refractivity contribution in [2.45, 2.75) is 13.0 Å². The molecular formula is C16H18N2O3. The fourth-order valence-corrected chi connectivity index (χ4v) is 2.04. The number of ether oxygens (including phenoxy) is 1. The third-order valence-corrected chi connectivity index (χ3v) is 3.18. The molecule has 5 nitrogen and oxygen atoms in total. The number of pyridine rings is 1. The summed E-state index contributed by atoms with van der Waals surface area (Å²) in [7, 11) is 3.27. The van der Waals surface area contributed by atoms with Crippen LogP contribution >= 0.6 is 0 Å². The molecule has 2 aromatic rings. The third kappa shape index (κ3) is 3.95. The molecular weight excluding hydrogens is 268 g/mol. The molecule has 0 saturated heterocycles. The Morgan fingerprint density at radius 3 is 2.71 bits per heavy atom. The molecule has 5 heteroatoms. The maximum absolute atomic E-state index is 12.0. The molecule has 0 fully saturated rings. The highest BCUT2D eigenvalue weighted by molar-refractivity contribution is 5.79. The molecule has 1 aromatic carbocycles. The van der Waals surface area contributed by atoms with Gasteiger partial charge in [-0.1, -0.05) is 24.3 Å². The van der Waals surface area contributed by atoms with Gasteiger partial charge in [0.15, 0.2) is 0 Å². The number of carbonyl (C=O) groups excluding carboxylic acids is 1. The van der Waals surface area contributed by atoms with Crippen molar-refractivity contribution >= 4 is 5.91 Å². The van der Waals surface area contributed by atoms with E-state index in [1.165, 1.54) is 10.6 Å². The molecule has 0 radical (unpaired) electrons. The minimum Gasteiger partial charge on any atom is -0.496 e. The molecule has 0 aliphatic carbocycles. The SMILES string of the molecule is COc1ccccc1CC(=O)NCc1ccc(=O)n(C)c1. The fraction of sp³-hybridized carbons (Fsp3) is 0.250. The van der Waals surface area contributed by atoms with E-state index in [2.05, 4.69) is 5.32 Å². The van der Waals surface area contributed by atoms with Gasteiger partial charge in [-0.15, -0.1) is 0 Å². The smallest absolute Gasteiger partial charge is 0.250 e. The second kappa shape index (κ2) is 6.74. The van der Waals surface area contributed by atoms with E-state index in [-0.39, 0.29) is 17.9 Å². The average molecular weight is 286 g/mol. The predicted octanol–water partition coefficient (Wildman–Crippen LogP) is 1.25. The lowest BCUT2D eigenvalue weighted by Gasteiger charge is -2.09. The number of nitrogens with one attached hydrogen (secondary N) is 1. The summed E-state index contributed by atoms with van der Waals surface area (Å²) in [5.74, 6) is 0.614. The van der Waals surface area contributed by atoms with E-state index in [9.17, 15) is 9.59 Å². The molecule has 0 unspecified atom stereocenters. The number of aryl methyl sites for hydroxylation is 1. The van der Waals surface area contributed by atoms with Crippen molar-refractivity contribution in [2.24, 2.45) is 7.05 Å². The lowest BCUT2D eigenvalue weighted by Crippen LogP contribution is -2.25. The van der Waals surface area contributed by atoms with Gasteiger partial charge >= 0.3 is 0 Å². The summed E-state index contributed by atoms with van der Waals surface area (Å²) >= 11 is 0. The van der Waals surface area contributed by atoms with Gasteiger partial charge in [0, 0.05) is 31.4 Å². The van der Waals surface area contributed by atoms with Crippen LogP contribution in [0.4, 0.5) is 0 Å².